The lowest BCUT2D eigenvalue weighted by Crippen LogP contribution is -2.20. The predicted octanol–water partition coefficient (Wildman–Crippen LogP) is 8.40. The van der Waals surface area contributed by atoms with Crippen LogP contribution in [-0.4, -0.2) is 46.8 Å². The molecule has 1 unspecified atom stereocenters. The first kappa shape index (κ1) is 35.5. The highest BCUT2D eigenvalue weighted by Gasteiger charge is 2.25. The van der Waals surface area contributed by atoms with Crippen molar-refractivity contribution < 1.29 is 37.7 Å². The highest BCUT2D eigenvalue weighted by molar-refractivity contribution is 6.36. The summed E-state index contributed by atoms with van der Waals surface area (Å²) < 4.78 is 44.2. The largest absolute Gasteiger partial charge is 0.492 e. The number of aromatic nitrogens is 2. The highest BCUT2D eigenvalue weighted by atomic mass is 35.5. The Morgan fingerprint density at radius 3 is 2.42 bits per heavy atom. The van der Waals surface area contributed by atoms with E-state index in [0.29, 0.717) is 16.3 Å². The van der Waals surface area contributed by atoms with Crippen LogP contribution in [0.1, 0.15) is 50.0 Å². The van der Waals surface area contributed by atoms with Gasteiger partial charge in [0.05, 0.1) is 34.0 Å². The van der Waals surface area contributed by atoms with Crippen LogP contribution in [-0.2, 0) is 9.53 Å². The van der Waals surface area contributed by atoms with Crippen molar-refractivity contribution in [2.45, 2.75) is 45.6 Å². The van der Waals surface area contributed by atoms with E-state index in [1.165, 1.54) is 13.2 Å². The van der Waals surface area contributed by atoms with Crippen molar-refractivity contribution in [2.75, 3.05) is 19.5 Å². The number of rotatable bonds is 11. The van der Waals surface area contributed by atoms with Crippen LogP contribution < -0.4 is 15.2 Å². The Labute approximate surface area is 273 Å². The minimum Gasteiger partial charge on any atom is -0.492 e. The number of unbranched alkanes of at least 4 members (excludes halogenated alkanes) is 2. The number of nitrogens with zero attached hydrogens (tertiary/aromatic N) is 2. The van der Waals surface area contributed by atoms with Gasteiger partial charge in [-0.05, 0) is 56.2 Å². The Balaban J connectivity index is 0.000000246. The predicted molar refractivity (Wildman–Crippen MR) is 169 cm³/mol. The minimum absolute atomic E-state index is 0.0375. The number of nitrogens with two attached hydrogens (primary N) is 1. The van der Waals surface area contributed by atoms with E-state index in [0.717, 1.165) is 37.1 Å². The number of methoxy groups -OCH3 is 1. The van der Waals surface area contributed by atoms with Crippen molar-refractivity contribution >= 4 is 63.3 Å². The third-order valence-electron chi connectivity index (χ3n) is 6.40. The quantitative estimate of drug-likeness (QED) is 0.118. The van der Waals surface area contributed by atoms with Gasteiger partial charge in [0.2, 0.25) is 0 Å². The highest BCUT2D eigenvalue weighted by Crippen LogP contribution is 2.38. The van der Waals surface area contributed by atoms with Gasteiger partial charge in [-0.2, -0.15) is 0 Å². The van der Waals surface area contributed by atoms with Crippen molar-refractivity contribution in [1.82, 2.24) is 9.97 Å². The number of esters is 1. The first-order chi connectivity index (χ1) is 21.4. The number of halogens is 5. The topological polar surface area (TPSA) is 134 Å². The molecule has 0 fully saturated rings. The van der Waals surface area contributed by atoms with Crippen molar-refractivity contribution in [1.29, 1.82) is 0 Å². The van der Waals surface area contributed by atoms with Crippen molar-refractivity contribution in [3.05, 3.63) is 75.0 Å². The molecule has 0 amide bonds. The lowest BCUT2D eigenvalue weighted by molar-refractivity contribution is -0.150. The molecule has 0 spiro atoms. The zero-order valence-corrected chi connectivity index (χ0v) is 26.8. The van der Waals surface area contributed by atoms with E-state index in [9.17, 15) is 18.4 Å². The lowest BCUT2D eigenvalue weighted by Gasteiger charge is -2.14. The fraction of sp³-hybridized carbons (Fsp3) is 0.290. The van der Waals surface area contributed by atoms with Gasteiger partial charge in [0.25, 0.3) is 0 Å². The number of anilines is 1. The summed E-state index contributed by atoms with van der Waals surface area (Å²) in [5.41, 5.74) is 3.77. The maximum atomic E-state index is 14.3. The molecule has 4 aromatic rings. The van der Waals surface area contributed by atoms with Gasteiger partial charge in [-0.3, -0.25) is 4.98 Å². The normalized spacial score (nSPS) is 11.4. The second-order valence-corrected chi connectivity index (χ2v) is 10.8. The number of pyridine rings is 2. The van der Waals surface area contributed by atoms with Gasteiger partial charge in [0.1, 0.15) is 17.0 Å². The maximum absolute atomic E-state index is 14.3. The minimum atomic E-state index is -1.53. The monoisotopic (exact) mass is 683 g/mol. The average Bonchev–Trinajstić information content (AvgIpc) is 3.01. The number of fused-ring (bicyclic) bond motifs is 1. The number of carboxylic acids is 1. The molecular formula is C31H30Cl3F2N3O6. The zero-order chi connectivity index (χ0) is 33.3. The molecule has 2 aromatic carbocycles. The van der Waals surface area contributed by atoms with Crippen molar-refractivity contribution in [2.24, 2.45) is 0 Å². The fourth-order valence-electron chi connectivity index (χ4n) is 4.15. The molecule has 0 aliphatic heterocycles. The summed E-state index contributed by atoms with van der Waals surface area (Å²) in [5, 5.41) is 9.81. The van der Waals surface area contributed by atoms with E-state index in [2.05, 4.69) is 16.9 Å². The first-order valence-corrected chi connectivity index (χ1v) is 14.8. The van der Waals surface area contributed by atoms with Gasteiger partial charge < -0.3 is 25.1 Å². The van der Waals surface area contributed by atoms with Crippen LogP contribution in [0.2, 0.25) is 15.1 Å². The number of aromatic carboxylic acids is 1. The van der Waals surface area contributed by atoms with Gasteiger partial charge >= 0.3 is 11.9 Å². The second kappa shape index (κ2) is 16.4. The summed E-state index contributed by atoms with van der Waals surface area (Å²) in [4.78, 5) is 30.7. The van der Waals surface area contributed by atoms with E-state index in [-0.39, 0.29) is 35.0 Å². The smallest absolute Gasteiger partial charge is 0.356 e. The van der Waals surface area contributed by atoms with E-state index in [4.69, 9.17) is 59.9 Å². The average molecular weight is 685 g/mol. The van der Waals surface area contributed by atoms with Crippen molar-refractivity contribution in [3.63, 3.8) is 0 Å². The molecule has 0 aliphatic rings. The molecule has 0 saturated carbocycles. The summed E-state index contributed by atoms with van der Waals surface area (Å²) in [6.45, 7) is 3.92. The molecule has 2 heterocycles. The third kappa shape index (κ3) is 8.84. The number of hydrogen-bond donors (Lipinski definition) is 2. The summed E-state index contributed by atoms with van der Waals surface area (Å²) in [6.07, 6.45) is 5.83. The third-order valence-corrected chi connectivity index (χ3v) is 7.40. The summed E-state index contributed by atoms with van der Waals surface area (Å²) in [6, 6.07) is 9.51. The second-order valence-electron chi connectivity index (χ2n) is 9.63. The number of nitrogen functional groups attached to an aromatic ring is 1. The molecular weight excluding hydrogens is 655 g/mol. The van der Waals surface area contributed by atoms with E-state index >= 15 is 0 Å². The van der Waals surface area contributed by atoms with Crippen LogP contribution in [0.25, 0.3) is 22.2 Å². The zero-order valence-electron chi connectivity index (χ0n) is 24.5. The Hall–Kier alpha value is -3.93. The Morgan fingerprint density at radius 1 is 1.04 bits per heavy atom. The Bertz CT molecular complexity index is 1690. The molecule has 0 aliphatic carbocycles. The van der Waals surface area contributed by atoms with Gasteiger partial charge in [0, 0.05) is 17.1 Å². The molecule has 2 aromatic heterocycles. The maximum Gasteiger partial charge on any atom is 0.356 e. The van der Waals surface area contributed by atoms with Crippen LogP contribution in [0.15, 0.2) is 42.6 Å². The van der Waals surface area contributed by atoms with Crippen LogP contribution >= 0.6 is 34.8 Å². The molecule has 0 radical (unpaired) electrons. The molecule has 3 N–H and O–H groups in total. The van der Waals surface area contributed by atoms with E-state index < -0.39 is 39.7 Å². The van der Waals surface area contributed by atoms with E-state index in [1.807, 2.05) is 19.1 Å². The number of hydrogen-bond acceptors (Lipinski definition) is 8. The molecule has 0 saturated heterocycles. The molecule has 0 bridgehead atoms. The molecule has 1 atom stereocenters. The molecule has 240 valence electrons. The molecule has 14 heteroatoms. The number of carbonyl (C=O) groups is 2. The Morgan fingerprint density at radius 2 is 1.76 bits per heavy atom. The SMILES string of the molecule is CCCCCC(C)OC(=O)COc1ccc(Cl)c2cccnc12.COc1c(Cl)ccc(-c2nc(C(=O)O)c(Cl)c(N)c2F)c1F. The number of carboxylic acid groups (broad SMARTS) is 1. The summed E-state index contributed by atoms with van der Waals surface area (Å²) in [5.74, 6) is -3.84. The summed E-state index contributed by atoms with van der Waals surface area (Å²) >= 11 is 17.5. The first-order valence-electron chi connectivity index (χ1n) is 13.7. The van der Waals surface area contributed by atoms with Crippen LogP contribution in [0, 0.1) is 11.6 Å². The lowest BCUT2D eigenvalue weighted by atomic mass is 10.1. The van der Waals surface area contributed by atoms with Gasteiger partial charge in [-0.25, -0.2) is 23.4 Å². The Kier molecular flexibility index (Phi) is 13.0. The van der Waals surface area contributed by atoms with Crippen LogP contribution in [0.4, 0.5) is 14.5 Å². The standard InChI is InChI=1S/C18H22ClNO3.C13H8Cl2F2N2O3/c1-3-4-5-7-13(2)23-17(21)12-22-16-10-9-15(19)14-8-6-11-20-18(14)16;1-22-12-5(14)3-2-4(7(12)16)10-8(17)9(18)6(15)11(19-10)13(20)21/h6,8-11,13H,3-5,7,12H2,1-2H3;2-3H,1H3,(H2,18,19)(H,20,21). The van der Waals surface area contributed by atoms with Crippen LogP contribution in [0.3, 0.4) is 0 Å². The van der Waals surface area contributed by atoms with Gasteiger partial charge in [-0.15, -0.1) is 0 Å². The number of carbonyl (C=O) groups excluding carboxylic acids is 1. The van der Waals surface area contributed by atoms with Crippen LogP contribution in [0.5, 0.6) is 11.5 Å². The number of benzene rings is 2. The molecule has 45 heavy (non-hydrogen) atoms. The van der Waals surface area contributed by atoms with Crippen molar-refractivity contribution in [3.8, 4) is 22.8 Å². The molecule has 4 rings (SSSR count). The fourth-order valence-corrected chi connectivity index (χ4v) is 4.79. The molecule has 9 nitrogen and oxygen atoms in total. The van der Waals surface area contributed by atoms with E-state index in [1.54, 1.807) is 18.3 Å². The number of ether oxygens (including phenoxy) is 3. The van der Waals surface area contributed by atoms with Gasteiger partial charge in [0.15, 0.2) is 29.7 Å². The van der Waals surface area contributed by atoms with Gasteiger partial charge in [-0.1, -0.05) is 54.6 Å². The summed E-state index contributed by atoms with van der Waals surface area (Å²) in [7, 11) is 1.18.